The minimum absolute atomic E-state index is 0.0762. The lowest BCUT2D eigenvalue weighted by Gasteiger charge is -2.32. The van der Waals surface area contributed by atoms with Gasteiger partial charge in [-0.05, 0) is 38.5 Å². The predicted molar refractivity (Wildman–Crippen MR) is 71.5 cm³/mol. The Morgan fingerprint density at radius 3 is 2.83 bits per heavy atom. The molecule has 0 saturated carbocycles. The molecule has 3 nitrogen and oxygen atoms in total. The van der Waals surface area contributed by atoms with Crippen molar-refractivity contribution in [3.63, 3.8) is 0 Å². The molecule has 0 radical (unpaired) electrons. The Balaban J connectivity index is 2.13. The molecule has 1 fully saturated rings. The third kappa shape index (κ3) is 2.68. The zero-order valence-electron chi connectivity index (χ0n) is 10.9. The number of nitrogens with zero attached hydrogens (tertiary/aromatic N) is 1. The fraction of sp³-hybridized carbons (Fsp3) is 0.500. The van der Waals surface area contributed by atoms with E-state index in [-0.39, 0.29) is 17.7 Å². The van der Waals surface area contributed by atoms with Gasteiger partial charge >= 0.3 is 0 Å². The van der Waals surface area contributed by atoms with Gasteiger partial charge in [-0.25, -0.2) is 0 Å². The number of carbonyl (C=O) groups excluding carboxylic acids is 1. The van der Waals surface area contributed by atoms with Crippen LogP contribution in [0, 0.1) is 0 Å². The summed E-state index contributed by atoms with van der Waals surface area (Å²) < 4.78 is 5.54. The summed E-state index contributed by atoms with van der Waals surface area (Å²) in [5, 5.41) is 0.658. The third-order valence-electron chi connectivity index (χ3n) is 3.21. The molecule has 1 atom stereocenters. The molecular formula is C14H18ClNO2. The number of halogens is 1. The smallest absolute Gasteiger partial charge is 0.229 e. The molecule has 1 aromatic carbocycles. The number of carbonyl (C=O) groups is 1. The van der Waals surface area contributed by atoms with Crippen molar-refractivity contribution in [2.45, 2.75) is 39.0 Å². The average molecular weight is 268 g/mol. The summed E-state index contributed by atoms with van der Waals surface area (Å²) in [7, 11) is 0. The van der Waals surface area contributed by atoms with Gasteiger partial charge in [0, 0.05) is 5.02 Å². The number of benzene rings is 1. The summed E-state index contributed by atoms with van der Waals surface area (Å²) in [5.74, 6) is 0.0762. The molecule has 1 aliphatic rings. The Hall–Kier alpha value is -1.06. The second kappa shape index (κ2) is 4.90. The van der Waals surface area contributed by atoms with Crippen LogP contribution in [0.3, 0.4) is 0 Å². The molecule has 1 aliphatic heterocycles. The Morgan fingerprint density at radius 1 is 1.56 bits per heavy atom. The molecule has 1 aromatic rings. The van der Waals surface area contributed by atoms with Gasteiger partial charge in [0.25, 0.3) is 0 Å². The summed E-state index contributed by atoms with van der Waals surface area (Å²) >= 11 is 5.92. The van der Waals surface area contributed by atoms with Crippen LogP contribution in [0.1, 0.15) is 26.3 Å². The highest BCUT2D eigenvalue weighted by Crippen LogP contribution is 2.27. The van der Waals surface area contributed by atoms with E-state index in [1.54, 1.807) is 6.07 Å². The van der Waals surface area contributed by atoms with Crippen molar-refractivity contribution in [2.24, 2.45) is 0 Å². The van der Waals surface area contributed by atoms with E-state index in [0.717, 1.165) is 5.56 Å². The fourth-order valence-corrected chi connectivity index (χ4v) is 2.62. The number of amides is 1. The first-order valence-electron chi connectivity index (χ1n) is 6.08. The topological polar surface area (TPSA) is 29.5 Å². The molecular weight excluding hydrogens is 250 g/mol. The van der Waals surface area contributed by atoms with Gasteiger partial charge in [-0.2, -0.15) is 0 Å². The standard InChI is InChI=1S/C14H18ClNO2/c1-10-16(14(2,3)9-18-10)13(17)8-11-5-4-6-12(15)7-11/h4-7,10H,8-9H2,1-3H3. The molecule has 4 heteroatoms. The van der Waals surface area contributed by atoms with Crippen LogP contribution in [0.5, 0.6) is 0 Å². The summed E-state index contributed by atoms with van der Waals surface area (Å²) in [5.41, 5.74) is 0.692. The van der Waals surface area contributed by atoms with Crippen molar-refractivity contribution < 1.29 is 9.53 Å². The van der Waals surface area contributed by atoms with Gasteiger partial charge in [-0.1, -0.05) is 23.7 Å². The molecule has 1 heterocycles. The first-order valence-corrected chi connectivity index (χ1v) is 6.46. The lowest BCUT2D eigenvalue weighted by atomic mass is 10.0. The van der Waals surface area contributed by atoms with Crippen molar-refractivity contribution in [3.05, 3.63) is 34.9 Å². The van der Waals surface area contributed by atoms with Gasteiger partial charge < -0.3 is 9.64 Å². The van der Waals surface area contributed by atoms with Gasteiger partial charge in [0.15, 0.2) is 0 Å². The van der Waals surface area contributed by atoms with Crippen LogP contribution >= 0.6 is 11.6 Å². The molecule has 0 N–H and O–H groups in total. The first-order chi connectivity index (χ1) is 8.40. The Labute approximate surface area is 113 Å². The van der Waals surface area contributed by atoms with Gasteiger partial charge in [-0.3, -0.25) is 4.79 Å². The highest BCUT2D eigenvalue weighted by Gasteiger charge is 2.41. The van der Waals surface area contributed by atoms with E-state index in [2.05, 4.69) is 0 Å². The van der Waals surface area contributed by atoms with Crippen molar-refractivity contribution in [1.82, 2.24) is 4.90 Å². The third-order valence-corrected chi connectivity index (χ3v) is 3.44. The molecule has 98 valence electrons. The molecule has 1 saturated heterocycles. The van der Waals surface area contributed by atoms with Crippen molar-refractivity contribution in [1.29, 1.82) is 0 Å². The van der Waals surface area contributed by atoms with Crippen LogP contribution in [-0.2, 0) is 16.0 Å². The molecule has 0 bridgehead atoms. The highest BCUT2D eigenvalue weighted by atomic mass is 35.5. The lowest BCUT2D eigenvalue weighted by Crippen LogP contribution is -2.48. The predicted octanol–water partition coefficient (Wildman–Crippen LogP) is 2.87. The summed E-state index contributed by atoms with van der Waals surface area (Å²) in [4.78, 5) is 14.2. The van der Waals surface area contributed by atoms with Crippen LogP contribution in [-0.4, -0.2) is 29.2 Å². The van der Waals surface area contributed by atoms with E-state index in [1.807, 2.05) is 43.9 Å². The Bertz CT molecular complexity index is 459. The number of rotatable bonds is 2. The Kier molecular flexibility index (Phi) is 3.64. The quantitative estimate of drug-likeness (QED) is 0.825. The highest BCUT2D eigenvalue weighted by molar-refractivity contribution is 6.30. The summed E-state index contributed by atoms with van der Waals surface area (Å²) in [6.45, 7) is 6.53. The maximum absolute atomic E-state index is 12.4. The van der Waals surface area contributed by atoms with Gasteiger partial charge in [-0.15, -0.1) is 0 Å². The maximum atomic E-state index is 12.4. The zero-order chi connectivity index (χ0) is 13.3. The largest absolute Gasteiger partial charge is 0.356 e. The number of hydrogen-bond donors (Lipinski definition) is 0. The van der Waals surface area contributed by atoms with Gasteiger partial charge in [0.1, 0.15) is 6.23 Å². The van der Waals surface area contributed by atoms with E-state index in [4.69, 9.17) is 16.3 Å². The minimum atomic E-state index is -0.241. The molecule has 0 aromatic heterocycles. The van der Waals surface area contributed by atoms with E-state index in [1.165, 1.54) is 0 Å². The van der Waals surface area contributed by atoms with E-state index in [0.29, 0.717) is 18.1 Å². The molecule has 18 heavy (non-hydrogen) atoms. The minimum Gasteiger partial charge on any atom is -0.356 e. The summed E-state index contributed by atoms with van der Waals surface area (Å²) in [6.07, 6.45) is 0.198. The monoisotopic (exact) mass is 267 g/mol. The average Bonchev–Trinajstić information content (AvgIpc) is 2.52. The van der Waals surface area contributed by atoms with Crippen LogP contribution in [0.25, 0.3) is 0 Å². The van der Waals surface area contributed by atoms with E-state index in [9.17, 15) is 4.79 Å². The molecule has 0 spiro atoms. The van der Waals surface area contributed by atoms with Crippen molar-refractivity contribution >= 4 is 17.5 Å². The van der Waals surface area contributed by atoms with Crippen molar-refractivity contribution in [2.75, 3.05) is 6.61 Å². The van der Waals surface area contributed by atoms with E-state index >= 15 is 0 Å². The fourth-order valence-electron chi connectivity index (χ4n) is 2.41. The van der Waals surface area contributed by atoms with Gasteiger partial charge in [0.2, 0.25) is 5.91 Å². The second-order valence-corrected chi connectivity index (χ2v) is 5.73. The van der Waals surface area contributed by atoms with Crippen LogP contribution in [0.2, 0.25) is 5.02 Å². The van der Waals surface area contributed by atoms with Gasteiger partial charge in [0.05, 0.1) is 18.6 Å². The van der Waals surface area contributed by atoms with Crippen LogP contribution in [0.4, 0.5) is 0 Å². The molecule has 0 aliphatic carbocycles. The lowest BCUT2D eigenvalue weighted by molar-refractivity contribution is -0.138. The van der Waals surface area contributed by atoms with Crippen LogP contribution in [0.15, 0.2) is 24.3 Å². The zero-order valence-corrected chi connectivity index (χ0v) is 11.7. The summed E-state index contributed by atoms with van der Waals surface area (Å²) in [6, 6.07) is 7.41. The maximum Gasteiger partial charge on any atom is 0.229 e. The van der Waals surface area contributed by atoms with E-state index < -0.39 is 0 Å². The normalized spacial score (nSPS) is 22.2. The Morgan fingerprint density at radius 2 is 2.28 bits per heavy atom. The first kappa shape index (κ1) is 13.4. The van der Waals surface area contributed by atoms with Crippen molar-refractivity contribution in [3.8, 4) is 0 Å². The SMILES string of the molecule is CC1OCC(C)(C)N1C(=O)Cc1cccc(Cl)c1. The number of ether oxygens (including phenoxy) is 1. The molecule has 1 amide bonds. The van der Waals surface area contributed by atoms with Crippen LogP contribution < -0.4 is 0 Å². The molecule has 1 unspecified atom stereocenters. The number of hydrogen-bond acceptors (Lipinski definition) is 2. The molecule has 2 rings (SSSR count). The second-order valence-electron chi connectivity index (χ2n) is 5.29.